The first-order chi connectivity index (χ1) is 10.0. The number of carbonyl (C=O) groups is 1. The molecule has 0 fully saturated rings. The molecule has 2 amide bonds. The average Bonchev–Trinajstić information content (AvgIpc) is 2.94. The number of nitrogens with zero attached hydrogens (tertiary/aromatic N) is 2. The first kappa shape index (κ1) is 15.5. The van der Waals surface area contributed by atoms with Crippen LogP contribution < -0.4 is 5.32 Å². The summed E-state index contributed by atoms with van der Waals surface area (Å²) in [5, 5.41) is 12.4. The number of aryl methyl sites for hydroxylation is 1. The van der Waals surface area contributed by atoms with Crippen LogP contribution in [0.15, 0.2) is 30.5 Å². The zero-order chi connectivity index (χ0) is 15.4. The van der Waals surface area contributed by atoms with Crippen molar-refractivity contribution >= 4 is 22.5 Å². The molecule has 21 heavy (non-hydrogen) atoms. The number of urea groups is 1. The van der Waals surface area contributed by atoms with E-state index >= 15 is 0 Å². The van der Waals surface area contributed by atoms with Crippen molar-refractivity contribution in [3.8, 4) is 10.4 Å². The highest BCUT2D eigenvalue weighted by Gasteiger charge is 2.16. The number of rotatable bonds is 4. The van der Waals surface area contributed by atoms with Crippen molar-refractivity contribution in [1.82, 2.24) is 9.88 Å². The van der Waals surface area contributed by atoms with Crippen LogP contribution >= 0.6 is 11.3 Å². The van der Waals surface area contributed by atoms with Crippen LogP contribution in [0, 0.1) is 6.92 Å². The molecule has 0 saturated carbocycles. The summed E-state index contributed by atoms with van der Waals surface area (Å²) >= 11 is 1.43. The van der Waals surface area contributed by atoms with Crippen LogP contribution in [0.2, 0.25) is 0 Å². The minimum Gasteiger partial charge on any atom is -0.394 e. The Labute approximate surface area is 128 Å². The first-order valence-corrected chi connectivity index (χ1v) is 7.51. The monoisotopic (exact) mass is 305 g/mol. The molecule has 2 rings (SSSR count). The summed E-state index contributed by atoms with van der Waals surface area (Å²) in [6.45, 7) is 3.75. The summed E-state index contributed by atoms with van der Waals surface area (Å²) < 4.78 is 0. The van der Waals surface area contributed by atoms with Gasteiger partial charge in [0.2, 0.25) is 0 Å². The van der Waals surface area contributed by atoms with E-state index in [9.17, 15) is 4.79 Å². The van der Waals surface area contributed by atoms with Crippen molar-refractivity contribution in [2.24, 2.45) is 0 Å². The maximum atomic E-state index is 12.0. The van der Waals surface area contributed by atoms with Crippen molar-refractivity contribution in [2.75, 3.05) is 19.0 Å². The summed E-state index contributed by atoms with van der Waals surface area (Å²) in [4.78, 5) is 18.7. The highest BCUT2D eigenvalue weighted by atomic mass is 32.1. The Bertz CT molecular complexity index is 627. The van der Waals surface area contributed by atoms with Gasteiger partial charge in [0, 0.05) is 13.2 Å². The minimum atomic E-state index is -0.276. The van der Waals surface area contributed by atoms with Crippen molar-refractivity contribution in [3.05, 3.63) is 36.0 Å². The number of hydrogen-bond acceptors (Lipinski definition) is 4. The lowest BCUT2D eigenvalue weighted by atomic mass is 10.1. The van der Waals surface area contributed by atoms with Crippen LogP contribution in [0.5, 0.6) is 0 Å². The summed E-state index contributed by atoms with van der Waals surface area (Å²) in [5.41, 5.74) is 2.29. The highest BCUT2D eigenvalue weighted by molar-refractivity contribution is 7.19. The molecule has 2 aromatic rings. The zero-order valence-electron chi connectivity index (χ0n) is 12.3. The maximum absolute atomic E-state index is 12.0. The van der Waals surface area contributed by atoms with Gasteiger partial charge in [-0.2, -0.15) is 0 Å². The van der Waals surface area contributed by atoms with E-state index in [1.54, 1.807) is 20.2 Å². The first-order valence-electron chi connectivity index (χ1n) is 6.69. The molecule has 6 heteroatoms. The predicted octanol–water partition coefficient (Wildman–Crippen LogP) is 2.96. The summed E-state index contributed by atoms with van der Waals surface area (Å²) in [5.74, 6) is 0. The van der Waals surface area contributed by atoms with Crippen LogP contribution in [0.1, 0.15) is 12.5 Å². The molecular weight excluding hydrogens is 286 g/mol. The lowest BCUT2D eigenvalue weighted by molar-refractivity contribution is 0.166. The van der Waals surface area contributed by atoms with Crippen LogP contribution in [-0.2, 0) is 0 Å². The lowest BCUT2D eigenvalue weighted by Gasteiger charge is -2.22. The normalized spacial score (nSPS) is 12.0. The highest BCUT2D eigenvalue weighted by Crippen LogP contribution is 2.31. The van der Waals surface area contributed by atoms with E-state index in [4.69, 9.17) is 5.11 Å². The summed E-state index contributed by atoms with van der Waals surface area (Å²) in [6, 6.07) is 7.55. The summed E-state index contributed by atoms with van der Waals surface area (Å²) in [6.07, 6.45) is 1.76. The van der Waals surface area contributed by atoms with Crippen molar-refractivity contribution in [1.29, 1.82) is 0 Å². The Morgan fingerprint density at radius 1 is 1.48 bits per heavy atom. The smallest absolute Gasteiger partial charge is 0.323 e. The van der Waals surface area contributed by atoms with Gasteiger partial charge in [-0.25, -0.2) is 9.78 Å². The number of anilines is 1. The van der Waals surface area contributed by atoms with Gasteiger partial charge in [-0.15, -0.1) is 0 Å². The van der Waals surface area contributed by atoms with Gasteiger partial charge in [-0.3, -0.25) is 5.32 Å². The van der Waals surface area contributed by atoms with Crippen LogP contribution in [-0.4, -0.2) is 40.7 Å². The van der Waals surface area contributed by atoms with Crippen LogP contribution in [0.3, 0.4) is 0 Å². The van der Waals surface area contributed by atoms with E-state index in [0.717, 1.165) is 10.4 Å². The van der Waals surface area contributed by atoms with Crippen LogP contribution in [0.25, 0.3) is 10.4 Å². The van der Waals surface area contributed by atoms with Gasteiger partial charge >= 0.3 is 6.03 Å². The number of carbonyl (C=O) groups excluding carboxylic acids is 1. The molecule has 0 aliphatic carbocycles. The van der Waals surface area contributed by atoms with Gasteiger partial charge in [0.1, 0.15) is 0 Å². The van der Waals surface area contributed by atoms with Gasteiger partial charge in [-0.05, 0) is 25.0 Å². The van der Waals surface area contributed by atoms with E-state index in [1.807, 2.05) is 31.2 Å². The number of amides is 2. The zero-order valence-corrected chi connectivity index (χ0v) is 13.1. The standard InChI is InChI=1S/C15H19N3O2S/c1-10-6-4-5-7-12(10)13-8-16-14(21-13)17-15(20)18(3)11(2)9-19/h4-8,11,19H,9H2,1-3H3,(H,16,17,20). The molecule has 1 unspecified atom stereocenters. The van der Waals surface area contributed by atoms with Gasteiger partial charge in [0.25, 0.3) is 0 Å². The number of aliphatic hydroxyl groups excluding tert-OH is 1. The summed E-state index contributed by atoms with van der Waals surface area (Å²) in [7, 11) is 1.64. The Kier molecular flexibility index (Phi) is 4.93. The SMILES string of the molecule is Cc1ccccc1-c1cnc(NC(=O)N(C)C(C)CO)s1. The fourth-order valence-electron chi connectivity index (χ4n) is 1.81. The fourth-order valence-corrected chi connectivity index (χ4v) is 2.70. The molecular formula is C15H19N3O2S. The number of aliphatic hydroxyl groups is 1. The van der Waals surface area contributed by atoms with Crippen molar-refractivity contribution in [2.45, 2.75) is 19.9 Å². The maximum Gasteiger partial charge on any atom is 0.323 e. The van der Waals surface area contributed by atoms with E-state index < -0.39 is 0 Å². The predicted molar refractivity (Wildman–Crippen MR) is 85.6 cm³/mol. The van der Waals surface area contributed by atoms with Gasteiger partial charge < -0.3 is 10.0 Å². The lowest BCUT2D eigenvalue weighted by Crippen LogP contribution is -2.40. The van der Waals surface area contributed by atoms with E-state index in [0.29, 0.717) is 5.13 Å². The molecule has 0 radical (unpaired) electrons. The second-order valence-corrected chi connectivity index (χ2v) is 5.95. The third-order valence-electron chi connectivity index (χ3n) is 3.38. The van der Waals surface area contributed by atoms with E-state index in [1.165, 1.54) is 21.8 Å². The van der Waals surface area contributed by atoms with Crippen molar-refractivity contribution in [3.63, 3.8) is 0 Å². The molecule has 1 aromatic carbocycles. The second-order valence-electron chi connectivity index (χ2n) is 4.92. The van der Waals surface area contributed by atoms with Crippen molar-refractivity contribution < 1.29 is 9.90 Å². The Hall–Kier alpha value is -1.92. The molecule has 0 aliphatic heterocycles. The van der Waals surface area contributed by atoms with E-state index in [-0.39, 0.29) is 18.7 Å². The second kappa shape index (κ2) is 6.69. The average molecular weight is 305 g/mol. The number of thiazole rings is 1. The molecule has 0 bridgehead atoms. The number of nitrogens with one attached hydrogen (secondary N) is 1. The molecule has 1 aromatic heterocycles. The number of hydrogen-bond donors (Lipinski definition) is 2. The van der Waals surface area contributed by atoms with E-state index in [2.05, 4.69) is 10.3 Å². The Morgan fingerprint density at radius 3 is 2.86 bits per heavy atom. The molecule has 1 atom stereocenters. The Morgan fingerprint density at radius 2 is 2.19 bits per heavy atom. The third-order valence-corrected chi connectivity index (χ3v) is 4.32. The molecule has 5 nitrogen and oxygen atoms in total. The Balaban J connectivity index is 2.11. The third kappa shape index (κ3) is 3.59. The molecule has 0 saturated heterocycles. The quantitative estimate of drug-likeness (QED) is 0.912. The molecule has 1 heterocycles. The van der Waals surface area contributed by atoms with Gasteiger partial charge in [-0.1, -0.05) is 35.6 Å². The number of likely N-dealkylation sites (N-methyl/N-ethyl adjacent to an activating group) is 1. The van der Waals surface area contributed by atoms with Gasteiger partial charge in [0.15, 0.2) is 5.13 Å². The van der Waals surface area contributed by atoms with Crippen LogP contribution in [0.4, 0.5) is 9.93 Å². The molecule has 112 valence electrons. The molecule has 0 aliphatic rings. The largest absolute Gasteiger partial charge is 0.394 e. The minimum absolute atomic E-state index is 0.0732. The number of aromatic nitrogens is 1. The van der Waals surface area contributed by atoms with Gasteiger partial charge in [0.05, 0.1) is 17.5 Å². The fraction of sp³-hybridized carbons (Fsp3) is 0.333. The topological polar surface area (TPSA) is 65.5 Å². The molecule has 2 N–H and O–H groups in total. The number of benzene rings is 1. The molecule has 0 spiro atoms.